The smallest absolute Gasteiger partial charge is 0.180 e. The van der Waals surface area contributed by atoms with Crippen LogP contribution < -0.4 is 4.74 Å². The molecule has 0 amide bonds. The summed E-state index contributed by atoms with van der Waals surface area (Å²) < 4.78 is 34.3. The molecule has 2 heterocycles. The molecule has 0 unspecified atom stereocenters. The molecule has 2 aromatic heterocycles. The Morgan fingerprint density at radius 2 is 1.84 bits per heavy atom. The Labute approximate surface area is 108 Å². The predicted octanol–water partition coefficient (Wildman–Crippen LogP) is 3.29. The van der Waals surface area contributed by atoms with Crippen molar-refractivity contribution >= 4 is 5.65 Å². The molecule has 0 saturated heterocycles. The summed E-state index contributed by atoms with van der Waals surface area (Å²) in [5.41, 5.74) is 0.621. The van der Waals surface area contributed by atoms with Crippen LogP contribution in [0.25, 0.3) is 16.9 Å². The molecule has 96 valence electrons. The number of pyridine rings is 1. The number of nitrogens with zero attached hydrogens (tertiary/aromatic N) is 2. The van der Waals surface area contributed by atoms with E-state index in [1.165, 1.54) is 25.3 Å². The largest absolute Gasteiger partial charge is 0.493 e. The molecule has 1 aromatic carbocycles. The minimum atomic E-state index is -0.637. The van der Waals surface area contributed by atoms with Gasteiger partial charge in [-0.1, -0.05) is 6.07 Å². The maximum Gasteiger partial charge on any atom is 0.180 e. The molecule has 19 heavy (non-hydrogen) atoms. The standard InChI is InChI=1S/C14H10F2N2O/c1-19-12-6-3-7-18-8-11(17-14(12)18)13-9(15)4-2-5-10(13)16/h2-8H,1H3. The molecule has 0 spiro atoms. The molecule has 3 nitrogen and oxygen atoms in total. The van der Waals surface area contributed by atoms with E-state index in [2.05, 4.69) is 4.98 Å². The van der Waals surface area contributed by atoms with Crippen molar-refractivity contribution in [1.29, 1.82) is 0 Å². The highest BCUT2D eigenvalue weighted by Gasteiger charge is 2.15. The molecular formula is C14H10F2N2O. The lowest BCUT2D eigenvalue weighted by atomic mass is 10.1. The molecule has 0 aliphatic carbocycles. The number of ether oxygens (including phenoxy) is 1. The summed E-state index contributed by atoms with van der Waals surface area (Å²) in [6.07, 6.45) is 3.31. The lowest BCUT2D eigenvalue weighted by Gasteiger charge is -2.00. The summed E-state index contributed by atoms with van der Waals surface area (Å²) in [6.45, 7) is 0. The van der Waals surface area contributed by atoms with E-state index in [-0.39, 0.29) is 11.3 Å². The number of benzene rings is 1. The van der Waals surface area contributed by atoms with E-state index in [0.29, 0.717) is 11.4 Å². The number of hydrogen-bond donors (Lipinski definition) is 0. The fraction of sp³-hybridized carbons (Fsp3) is 0.0714. The summed E-state index contributed by atoms with van der Waals surface area (Å²) in [5.74, 6) is -0.727. The van der Waals surface area contributed by atoms with Gasteiger partial charge in [0.2, 0.25) is 0 Å². The highest BCUT2D eigenvalue weighted by Crippen LogP contribution is 2.27. The Kier molecular flexibility index (Phi) is 2.67. The van der Waals surface area contributed by atoms with Gasteiger partial charge in [-0.25, -0.2) is 13.8 Å². The number of aromatic nitrogens is 2. The molecular weight excluding hydrogens is 250 g/mol. The molecule has 3 rings (SSSR count). The zero-order valence-corrected chi connectivity index (χ0v) is 10.1. The monoisotopic (exact) mass is 260 g/mol. The SMILES string of the molecule is COc1cccn2cc(-c3c(F)cccc3F)nc12. The molecule has 0 N–H and O–H groups in total. The summed E-state index contributed by atoms with van der Waals surface area (Å²) in [7, 11) is 1.52. The second kappa shape index (κ2) is 4.35. The van der Waals surface area contributed by atoms with Crippen LogP contribution in [0, 0.1) is 11.6 Å². The van der Waals surface area contributed by atoms with Crippen LogP contribution >= 0.6 is 0 Å². The first kappa shape index (κ1) is 11.6. The third-order valence-electron chi connectivity index (χ3n) is 2.89. The zero-order chi connectivity index (χ0) is 13.4. The molecule has 0 atom stereocenters. The summed E-state index contributed by atoms with van der Waals surface area (Å²) in [6, 6.07) is 7.25. The van der Waals surface area contributed by atoms with Crippen LogP contribution in [0.2, 0.25) is 0 Å². The first-order valence-corrected chi connectivity index (χ1v) is 5.67. The first-order chi connectivity index (χ1) is 9.20. The number of methoxy groups -OCH3 is 1. The molecule has 0 radical (unpaired) electrons. The second-order valence-electron chi connectivity index (χ2n) is 4.03. The van der Waals surface area contributed by atoms with E-state index in [9.17, 15) is 8.78 Å². The zero-order valence-electron chi connectivity index (χ0n) is 10.1. The molecule has 0 aliphatic rings. The number of imidazole rings is 1. The maximum atomic E-state index is 13.7. The average molecular weight is 260 g/mol. The fourth-order valence-corrected chi connectivity index (χ4v) is 2.01. The topological polar surface area (TPSA) is 26.5 Å². The number of fused-ring (bicyclic) bond motifs is 1. The Bertz CT molecular complexity index is 732. The van der Waals surface area contributed by atoms with Gasteiger partial charge in [0.15, 0.2) is 11.4 Å². The highest BCUT2D eigenvalue weighted by molar-refractivity contribution is 5.66. The highest BCUT2D eigenvalue weighted by atomic mass is 19.1. The Morgan fingerprint density at radius 3 is 2.53 bits per heavy atom. The van der Waals surface area contributed by atoms with Crippen LogP contribution in [-0.2, 0) is 0 Å². The Morgan fingerprint density at radius 1 is 1.11 bits per heavy atom. The van der Waals surface area contributed by atoms with Gasteiger partial charge in [-0.15, -0.1) is 0 Å². The van der Waals surface area contributed by atoms with E-state index in [0.717, 1.165) is 0 Å². The van der Waals surface area contributed by atoms with Crippen molar-refractivity contribution < 1.29 is 13.5 Å². The first-order valence-electron chi connectivity index (χ1n) is 5.67. The summed E-state index contributed by atoms with van der Waals surface area (Å²) in [4.78, 5) is 4.23. The Balaban J connectivity index is 2.27. The van der Waals surface area contributed by atoms with Gasteiger partial charge in [-0.2, -0.15) is 0 Å². The van der Waals surface area contributed by atoms with Crippen molar-refractivity contribution in [3.63, 3.8) is 0 Å². The average Bonchev–Trinajstić information content (AvgIpc) is 2.81. The maximum absolute atomic E-state index is 13.7. The van der Waals surface area contributed by atoms with Crippen molar-refractivity contribution in [3.8, 4) is 17.0 Å². The third kappa shape index (κ3) is 1.83. The summed E-state index contributed by atoms with van der Waals surface area (Å²) >= 11 is 0. The molecule has 0 aliphatic heterocycles. The van der Waals surface area contributed by atoms with Gasteiger partial charge >= 0.3 is 0 Å². The second-order valence-corrected chi connectivity index (χ2v) is 4.03. The van der Waals surface area contributed by atoms with E-state index in [1.807, 2.05) is 0 Å². The van der Waals surface area contributed by atoms with E-state index in [4.69, 9.17) is 4.74 Å². The van der Waals surface area contributed by atoms with E-state index in [1.54, 1.807) is 28.9 Å². The minimum Gasteiger partial charge on any atom is -0.493 e. The molecule has 0 bridgehead atoms. The third-order valence-corrected chi connectivity index (χ3v) is 2.89. The van der Waals surface area contributed by atoms with Crippen molar-refractivity contribution in [2.75, 3.05) is 7.11 Å². The lowest BCUT2D eigenvalue weighted by molar-refractivity contribution is 0.417. The van der Waals surface area contributed by atoms with E-state index >= 15 is 0 Å². The lowest BCUT2D eigenvalue weighted by Crippen LogP contribution is -1.89. The van der Waals surface area contributed by atoms with Crippen molar-refractivity contribution in [2.45, 2.75) is 0 Å². The number of hydrogen-bond acceptors (Lipinski definition) is 2. The van der Waals surface area contributed by atoms with Crippen molar-refractivity contribution in [3.05, 3.63) is 54.4 Å². The van der Waals surface area contributed by atoms with Gasteiger partial charge in [0.1, 0.15) is 11.6 Å². The molecule has 3 aromatic rings. The van der Waals surface area contributed by atoms with Crippen LogP contribution in [0.4, 0.5) is 8.78 Å². The van der Waals surface area contributed by atoms with Gasteiger partial charge < -0.3 is 9.14 Å². The van der Waals surface area contributed by atoms with Crippen LogP contribution in [0.15, 0.2) is 42.7 Å². The summed E-state index contributed by atoms with van der Waals surface area (Å²) in [5, 5.41) is 0. The van der Waals surface area contributed by atoms with Gasteiger partial charge in [0.25, 0.3) is 0 Å². The van der Waals surface area contributed by atoms with Crippen LogP contribution in [-0.4, -0.2) is 16.5 Å². The van der Waals surface area contributed by atoms with E-state index < -0.39 is 11.6 Å². The fourth-order valence-electron chi connectivity index (χ4n) is 2.01. The Hall–Kier alpha value is -2.43. The molecule has 0 saturated carbocycles. The van der Waals surface area contributed by atoms with Crippen molar-refractivity contribution in [1.82, 2.24) is 9.38 Å². The van der Waals surface area contributed by atoms with Crippen LogP contribution in [0.3, 0.4) is 0 Å². The minimum absolute atomic E-state index is 0.131. The van der Waals surface area contributed by atoms with Gasteiger partial charge in [0.05, 0.1) is 18.4 Å². The molecule has 5 heteroatoms. The number of halogens is 2. The van der Waals surface area contributed by atoms with Gasteiger partial charge in [-0.05, 0) is 24.3 Å². The van der Waals surface area contributed by atoms with Crippen LogP contribution in [0.1, 0.15) is 0 Å². The van der Waals surface area contributed by atoms with Crippen LogP contribution in [0.5, 0.6) is 5.75 Å². The van der Waals surface area contributed by atoms with Gasteiger partial charge in [0, 0.05) is 12.4 Å². The van der Waals surface area contributed by atoms with Crippen molar-refractivity contribution in [2.24, 2.45) is 0 Å². The number of rotatable bonds is 2. The normalized spacial score (nSPS) is 10.9. The quantitative estimate of drug-likeness (QED) is 0.706. The molecule has 0 fully saturated rings. The van der Waals surface area contributed by atoms with Gasteiger partial charge in [-0.3, -0.25) is 0 Å². The predicted molar refractivity (Wildman–Crippen MR) is 67.1 cm³/mol.